The number of rotatable bonds is 18. The van der Waals surface area contributed by atoms with Gasteiger partial charge in [-0.1, -0.05) is 72.8 Å². The van der Waals surface area contributed by atoms with E-state index in [1.54, 1.807) is 76.1 Å². The van der Waals surface area contributed by atoms with E-state index in [9.17, 15) is 14.7 Å². The van der Waals surface area contributed by atoms with Gasteiger partial charge in [-0.2, -0.15) is 10.2 Å². The lowest BCUT2D eigenvalue weighted by molar-refractivity contribution is -0.147. The van der Waals surface area contributed by atoms with Crippen molar-refractivity contribution in [3.05, 3.63) is 167 Å². The zero-order valence-corrected chi connectivity index (χ0v) is 36.0. The number of carbonyl (C=O) groups is 2. The van der Waals surface area contributed by atoms with Crippen LogP contribution in [-0.4, -0.2) is 42.7 Å². The average molecular weight is 879 g/mol. The first kappa shape index (κ1) is 44.2. The molecule has 332 valence electrons. The van der Waals surface area contributed by atoms with Crippen LogP contribution in [0.1, 0.15) is 46.7 Å². The van der Waals surface area contributed by atoms with Crippen molar-refractivity contribution in [3.8, 4) is 33.8 Å². The summed E-state index contributed by atoms with van der Waals surface area (Å²) >= 11 is 0. The van der Waals surface area contributed by atoms with E-state index >= 15 is 8.78 Å². The number of fused-ring (bicyclic) bond motifs is 2. The van der Waals surface area contributed by atoms with Crippen molar-refractivity contribution in [1.29, 1.82) is 0 Å². The zero-order valence-electron chi connectivity index (χ0n) is 36.0. The average Bonchev–Trinajstić information content (AvgIpc) is 3.89. The maximum absolute atomic E-state index is 15.8. The lowest BCUT2D eigenvalue weighted by Crippen LogP contribution is -2.19. The minimum absolute atomic E-state index is 0.0275. The molecule has 0 aliphatic rings. The van der Waals surface area contributed by atoms with Crippen molar-refractivity contribution < 1.29 is 37.7 Å². The van der Waals surface area contributed by atoms with E-state index in [1.807, 2.05) is 68.8 Å². The van der Waals surface area contributed by atoms with Gasteiger partial charge >= 0.3 is 11.9 Å². The largest absolute Gasteiger partial charge is 0.489 e. The molecule has 65 heavy (non-hydrogen) atoms. The van der Waals surface area contributed by atoms with Crippen LogP contribution in [0.5, 0.6) is 11.5 Å². The fraction of sp³-hybridized carbons (Fsp3) is 0.216. The Morgan fingerprint density at radius 1 is 0.662 bits per heavy atom. The molecule has 0 aliphatic carbocycles. The highest BCUT2D eigenvalue weighted by molar-refractivity contribution is 5.96. The molecule has 12 nitrogen and oxygen atoms in total. The Hall–Kier alpha value is -7.42. The summed E-state index contributed by atoms with van der Waals surface area (Å²) in [6.45, 7) is 2.53. The number of nitrogens with zero attached hydrogens (tertiary/aromatic N) is 4. The minimum Gasteiger partial charge on any atom is -0.489 e. The molecule has 14 heteroatoms. The van der Waals surface area contributed by atoms with Crippen LogP contribution in [-0.2, 0) is 67.1 Å². The number of carboxylic acids is 1. The third kappa shape index (κ3) is 10.0. The number of ether oxygens (including phenoxy) is 3. The molecule has 0 aliphatic heterocycles. The number of carboxylic acid groups (broad SMARTS) is 1. The molecule has 2 aromatic heterocycles. The van der Waals surface area contributed by atoms with Gasteiger partial charge in [0.15, 0.2) is 0 Å². The van der Waals surface area contributed by atoms with Gasteiger partial charge in [-0.25, -0.2) is 8.78 Å². The number of halogens is 2. The molecule has 0 spiro atoms. The van der Waals surface area contributed by atoms with E-state index in [0.717, 1.165) is 10.9 Å². The Morgan fingerprint density at radius 3 is 1.72 bits per heavy atom. The molecule has 8 rings (SSSR count). The molecular formula is C51H48F2N6O6. The summed E-state index contributed by atoms with van der Waals surface area (Å²) < 4.78 is 53.0. The standard InChI is InChI=1S/C51H48F2N6O6/c1-31(65-49(62)24-35-10-4-6-16-47(35)64-29-32-19-40(42-27-58(2)56-44(42)21-32)38-13-7-11-36(25-54)50(38)52)17-18-59-28-43-41(39-14-8-12-37(26-55)51(39)53)20-33(22-45(43)57-59)30-63-46-15-5-3-9-34(46)23-48(60)61/h3-16,19-22,27-28,31H,17-18,23-26,29-30,54-55H2,1-2H3,(H,60,61). The van der Waals surface area contributed by atoms with Crippen LogP contribution in [0.15, 0.2) is 122 Å². The van der Waals surface area contributed by atoms with Gasteiger partial charge in [0.05, 0.1) is 23.9 Å². The van der Waals surface area contributed by atoms with Crippen LogP contribution in [0, 0.1) is 11.6 Å². The molecule has 6 aromatic carbocycles. The Kier molecular flexibility index (Phi) is 13.3. The van der Waals surface area contributed by atoms with E-state index < -0.39 is 23.9 Å². The quantitative estimate of drug-likeness (QED) is 0.0709. The Labute approximate surface area is 374 Å². The lowest BCUT2D eigenvalue weighted by atomic mass is 9.97. The monoisotopic (exact) mass is 878 g/mol. The summed E-state index contributed by atoms with van der Waals surface area (Å²) in [5, 5.41) is 20.3. The molecule has 0 saturated carbocycles. The highest BCUT2D eigenvalue weighted by Crippen LogP contribution is 2.35. The van der Waals surface area contributed by atoms with E-state index in [-0.39, 0.29) is 45.0 Å². The van der Waals surface area contributed by atoms with Gasteiger partial charge in [-0.05, 0) is 65.6 Å². The van der Waals surface area contributed by atoms with Gasteiger partial charge in [0.25, 0.3) is 0 Å². The number of benzene rings is 6. The number of aromatic nitrogens is 4. The van der Waals surface area contributed by atoms with Gasteiger partial charge < -0.3 is 30.8 Å². The van der Waals surface area contributed by atoms with Crippen molar-refractivity contribution >= 4 is 33.7 Å². The van der Waals surface area contributed by atoms with E-state index in [2.05, 4.69) is 5.10 Å². The van der Waals surface area contributed by atoms with E-state index in [0.29, 0.717) is 91.0 Å². The SMILES string of the molecule is CC(CCn1cc2c(-c3cccc(CN)c3F)cc(COc3ccccc3CC(=O)O)cc2n1)OC(=O)Cc1ccccc1OCc1cc(-c2cccc(CN)c2F)c2cn(C)nc2c1. The summed E-state index contributed by atoms with van der Waals surface area (Å²) in [5.74, 6) is -1.26. The highest BCUT2D eigenvalue weighted by Gasteiger charge is 2.20. The fourth-order valence-corrected chi connectivity index (χ4v) is 8.01. The van der Waals surface area contributed by atoms with Gasteiger partial charge in [0.2, 0.25) is 0 Å². The van der Waals surface area contributed by atoms with E-state index in [4.69, 9.17) is 30.8 Å². The second-order valence-electron chi connectivity index (χ2n) is 15.9. The number of aliphatic carboxylic acids is 1. The molecule has 0 amide bonds. The maximum atomic E-state index is 15.8. The van der Waals surface area contributed by atoms with Crippen molar-refractivity contribution in [2.24, 2.45) is 18.5 Å². The van der Waals surface area contributed by atoms with Crippen LogP contribution in [0.25, 0.3) is 44.1 Å². The molecule has 0 bridgehead atoms. The first-order valence-electron chi connectivity index (χ1n) is 21.2. The third-order valence-electron chi connectivity index (χ3n) is 11.2. The third-order valence-corrected chi connectivity index (χ3v) is 11.2. The predicted molar refractivity (Wildman–Crippen MR) is 244 cm³/mol. The molecule has 1 atom stereocenters. The summed E-state index contributed by atoms with van der Waals surface area (Å²) in [6.07, 6.45) is 3.44. The first-order valence-corrected chi connectivity index (χ1v) is 21.2. The molecular weight excluding hydrogens is 831 g/mol. The number of nitrogens with two attached hydrogens (primary N) is 2. The Morgan fingerprint density at radius 2 is 1.17 bits per heavy atom. The van der Waals surface area contributed by atoms with Gasteiger partial charge in [0.1, 0.15) is 42.5 Å². The summed E-state index contributed by atoms with van der Waals surface area (Å²) in [6, 6.07) is 32.0. The van der Waals surface area contributed by atoms with Crippen LogP contribution in [0.4, 0.5) is 8.78 Å². The van der Waals surface area contributed by atoms with Crippen LogP contribution in [0.2, 0.25) is 0 Å². The molecule has 0 saturated heterocycles. The van der Waals surface area contributed by atoms with Crippen molar-refractivity contribution in [2.45, 2.75) is 65.1 Å². The van der Waals surface area contributed by atoms with Crippen LogP contribution >= 0.6 is 0 Å². The molecule has 0 fully saturated rings. The summed E-state index contributed by atoms with van der Waals surface area (Å²) in [7, 11) is 1.81. The zero-order chi connectivity index (χ0) is 45.6. The molecule has 1 unspecified atom stereocenters. The number of carbonyl (C=O) groups excluding carboxylic acids is 1. The van der Waals surface area contributed by atoms with Gasteiger partial charge in [-0.15, -0.1) is 0 Å². The Bertz CT molecular complexity index is 3040. The fourth-order valence-electron chi connectivity index (χ4n) is 8.01. The summed E-state index contributed by atoms with van der Waals surface area (Å²) in [4.78, 5) is 24.8. The normalized spacial score (nSPS) is 11.8. The highest BCUT2D eigenvalue weighted by atomic mass is 19.1. The molecule has 5 N–H and O–H groups in total. The lowest BCUT2D eigenvalue weighted by Gasteiger charge is -2.15. The van der Waals surface area contributed by atoms with Crippen LogP contribution in [0.3, 0.4) is 0 Å². The van der Waals surface area contributed by atoms with Crippen molar-refractivity contribution in [2.75, 3.05) is 0 Å². The number of aryl methyl sites for hydroxylation is 2. The van der Waals surface area contributed by atoms with Gasteiger partial charge in [-0.3, -0.25) is 19.0 Å². The topological polar surface area (TPSA) is 170 Å². The maximum Gasteiger partial charge on any atom is 0.310 e. The predicted octanol–water partition coefficient (Wildman–Crippen LogP) is 8.80. The Balaban J connectivity index is 0.947. The molecule has 8 aromatic rings. The number of hydrogen-bond donors (Lipinski definition) is 3. The number of para-hydroxylation sites is 2. The molecule has 2 heterocycles. The number of esters is 1. The number of hydrogen-bond acceptors (Lipinski definition) is 9. The van der Waals surface area contributed by atoms with Crippen LogP contribution < -0.4 is 20.9 Å². The van der Waals surface area contributed by atoms with Crippen molar-refractivity contribution in [3.63, 3.8) is 0 Å². The first-order chi connectivity index (χ1) is 31.5. The second kappa shape index (κ2) is 19.5. The minimum atomic E-state index is -0.974. The smallest absolute Gasteiger partial charge is 0.310 e. The second-order valence-corrected chi connectivity index (χ2v) is 15.9. The van der Waals surface area contributed by atoms with Crippen molar-refractivity contribution in [1.82, 2.24) is 19.6 Å². The van der Waals surface area contributed by atoms with Gasteiger partial charge in [0, 0.05) is 89.6 Å². The molecule has 0 radical (unpaired) electrons. The van der Waals surface area contributed by atoms with E-state index in [1.165, 1.54) is 0 Å². The summed E-state index contributed by atoms with van der Waals surface area (Å²) in [5.41, 5.74) is 18.5.